The standard InChI is InChI=1S/C47H31NS/c1-3-16-34(17-4-1)48(35-18-5-2-6-19-35)36-27-28-44-40(31-36)38-21-9-11-23-43(38)47(44,42-24-13-15-32-14-7-8-20-37(32)42)33-26-29-46-41(30-33)39-22-10-12-25-45(39)49-46/h1-31H/i7D,8D,13D,14D,15D,20D,24D. The maximum Gasteiger partial charge on any atom is 0.0719 e. The van der Waals surface area contributed by atoms with E-state index in [0.717, 1.165) is 65.1 Å². The van der Waals surface area contributed by atoms with E-state index in [1.54, 1.807) is 11.3 Å². The highest BCUT2D eigenvalue weighted by atomic mass is 32.1. The summed E-state index contributed by atoms with van der Waals surface area (Å²) < 4.78 is 66.0. The molecule has 0 N–H and O–H groups in total. The molecule has 230 valence electrons. The Balaban J connectivity index is 1.38. The zero-order valence-electron chi connectivity index (χ0n) is 33.2. The minimum absolute atomic E-state index is 0.0599. The summed E-state index contributed by atoms with van der Waals surface area (Å²) in [5.74, 6) is 0. The van der Waals surface area contributed by atoms with Gasteiger partial charge in [0, 0.05) is 37.2 Å². The van der Waals surface area contributed by atoms with Crippen molar-refractivity contribution in [3.63, 3.8) is 0 Å². The van der Waals surface area contributed by atoms with Gasteiger partial charge in [-0.2, -0.15) is 0 Å². The van der Waals surface area contributed by atoms with Crippen LogP contribution in [0.2, 0.25) is 0 Å². The molecule has 0 radical (unpaired) electrons. The van der Waals surface area contributed by atoms with Crippen molar-refractivity contribution in [2.75, 3.05) is 4.90 Å². The molecular weight excluding hydrogens is 611 g/mol. The average Bonchev–Trinajstić information content (AvgIpc) is 3.75. The first kappa shape index (κ1) is 21.8. The Morgan fingerprint density at radius 3 is 1.96 bits per heavy atom. The molecule has 1 aromatic heterocycles. The molecule has 0 amide bonds. The van der Waals surface area contributed by atoms with Crippen molar-refractivity contribution in [2.24, 2.45) is 0 Å². The highest BCUT2D eigenvalue weighted by molar-refractivity contribution is 7.25. The van der Waals surface area contributed by atoms with E-state index in [0.29, 0.717) is 0 Å². The van der Waals surface area contributed by atoms with E-state index in [-0.39, 0.29) is 34.5 Å². The predicted octanol–water partition coefficient (Wildman–Crippen LogP) is 13.0. The van der Waals surface area contributed by atoms with Gasteiger partial charge < -0.3 is 4.90 Å². The molecule has 1 aliphatic carbocycles. The van der Waals surface area contributed by atoms with Crippen molar-refractivity contribution in [3.05, 3.63) is 210 Å². The fourth-order valence-electron chi connectivity index (χ4n) is 7.79. The van der Waals surface area contributed by atoms with E-state index >= 15 is 0 Å². The van der Waals surface area contributed by atoms with Crippen molar-refractivity contribution in [1.82, 2.24) is 0 Å². The number of hydrogen-bond acceptors (Lipinski definition) is 2. The number of hydrogen-bond donors (Lipinski definition) is 0. The molecule has 0 aliphatic heterocycles. The zero-order chi connectivity index (χ0) is 38.5. The maximum absolute atomic E-state index is 9.76. The second kappa shape index (κ2) is 11.1. The Hall–Kier alpha value is -5.96. The van der Waals surface area contributed by atoms with Gasteiger partial charge in [-0.25, -0.2) is 0 Å². The van der Waals surface area contributed by atoms with Crippen LogP contribution >= 0.6 is 11.3 Å². The topological polar surface area (TPSA) is 3.24 Å². The van der Waals surface area contributed by atoms with Crippen LogP contribution in [0.15, 0.2) is 188 Å². The number of para-hydroxylation sites is 2. The van der Waals surface area contributed by atoms with E-state index in [1.807, 2.05) is 66.7 Å². The molecule has 0 bridgehead atoms. The lowest BCUT2D eigenvalue weighted by molar-refractivity contribution is 0.778. The lowest BCUT2D eigenvalue weighted by atomic mass is 9.66. The molecule has 10 rings (SSSR count). The second-order valence-corrected chi connectivity index (χ2v) is 13.4. The molecule has 49 heavy (non-hydrogen) atoms. The van der Waals surface area contributed by atoms with Crippen LogP contribution < -0.4 is 4.90 Å². The van der Waals surface area contributed by atoms with Crippen LogP contribution in [0.3, 0.4) is 0 Å². The molecule has 8 aromatic carbocycles. The van der Waals surface area contributed by atoms with Gasteiger partial charge >= 0.3 is 0 Å². The van der Waals surface area contributed by atoms with Crippen molar-refractivity contribution >= 4 is 59.3 Å². The monoisotopic (exact) mass is 648 g/mol. The molecule has 9 aromatic rings. The number of nitrogens with zero attached hydrogens (tertiary/aromatic N) is 1. The van der Waals surface area contributed by atoms with Crippen LogP contribution in [0.5, 0.6) is 0 Å². The summed E-state index contributed by atoms with van der Waals surface area (Å²) in [5, 5.41) is 2.15. The quantitative estimate of drug-likeness (QED) is 0.179. The number of rotatable bonds is 5. The molecular formula is C47H31NS. The summed E-state index contributed by atoms with van der Waals surface area (Å²) >= 11 is 1.70. The Morgan fingerprint density at radius 1 is 0.449 bits per heavy atom. The lowest BCUT2D eigenvalue weighted by Crippen LogP contribution is -2.29. The third kappa shape index (κ3) is 4.18. The summed E-state index contributed by atoms with van der Waals surface area (Å²) in [6.07, 6.45) is 0. The number of anilines is 3. The fourth-order valence-corrected chi connectivity index (χ4v) is 8.88. The first-order chi connectivity index (χ1) is 27.2. The number of benzene rings is 8. The van der Waals surface area contributed by atoms with Gasteiger partial charge in [-0.3, -0.25) is 0 Å². The third-order valence-electron chi connectivity index (χ3n) is 9.81. The highest BCUT2D eigenvalue weighted by Crippen LogP contribution is 2.58. The molecule has 0 spiro atoms. The van der Waals surface area contributed by atoms with Crippen LogP contribution in [0.1, 0.15) is 31.8 Å². The molecule has 0 saturated heterocycles. The Bertz CT molecular complexity index is 3020. The fraction of sp³-hybridized carbons (Fsp3) is 0.0213. The minimum Gasteiger partial charge on any atom is -0.310 e. The first-order valence-electron chi connectivity index (χ1n) is 19.8. The van der Waals surface area contributed by atoms with Crippen LogP contribution in [-0.4, -0.2) is 0 Å². The van der Waals surface area contributed by atoms with Gasteiger partial charge in [-0.05, 0) is 98.8 Å². The minimum atomic E-state index is -1.32. The van der Waals surface area contributed by atoms with Gasteiger partial charge in [0.25, 0.3) is 0 Å². The molecule has 1 atom stereocenters. The number of fused-ring (bicyclic) bond motifs is 7. The SMILES string of the molecule is [2H]c1c([2H])c([2H])c2c(C3(c4ccc5sc6ccccc6c5c4)c4ccccc4-c4cc(N(c5ccccc5)c5ccccc5)ccc43)c([2H])c([2H])c([2H])c2c1[2H]. The Kier molecular flexibility index (Phi) is 4.92. The van der Waals surface area contributed by atoms with Crippen molar-refractivity contribution < 1.29 is 9.60 Å². The molecule has 2 heteroatoms. The van der Waals surface area contributed by atoms with Crippen LogP contribution in [0, 0.1) is 0 Å². The van der Waals surface area contributed by atoms with E-state index in [1.165, 1.54) is 0 Å². The van der Waals surface area contributed by atoms with E-state index < -0.39 is 29.6 Å². The largest absolute Gasteiger partial charge is 0.310 e. The van der Waals surface area contributed by atoms with Gasteiger partial charge in [0.15, 0.2) is 0 Å². The van der Waals surface area contributed by atoms with Crippen LogP contribution in [0.4, 0.5) is 17.1 Å². The average molecular weight is 649 g/mol. The summed E-state index contributed by atoms with van der Waals surface area (Å²) in [7, 11) is 0. The Morgan fingerprint density at radius 2 is 1.12 bits per heavy atom. The Labute approximate surface area is 299 Å². The molecule has 0 saturated carbocycles. The lowest BCUT2D eigenvalue weighted by Gasteiger charge is -2.35. The number of thiophene rings is 1. The maximum atomic E-state index is 9.76. The van der Waals surface area contributed by atoms with Crippen molar-refractivity contribution in [1.29, 1.82) is 0 Å². The van der Waals surface area contributed by atoms with Gasteiger partial charge in [0.05, 0.1) is 15.0 Å². The van der Waals surface area contributed by atoms with Crippen molar-refractivity contribution in [3.8, 4) is 11.1 Å². The van der Waals surface area contributed by atoms with Gasteiger partial charge in [-0.15, -0.1) is 11.3 Å². The van der Waals surface area contributed by atoms with Crippen LogP contribution in [-0.2, 0) is 5.41 Å². The van der Waals surface area contributed by atoms with Gasteiger partial charge in [-0.1, -0.05) is 133 Å². The molecule has 0 fully saturated rings. The molecule has 1 aliphatic rings. The van der Waals surface area contributed by atoms with E-state index in [2.05, 4.69) is 83.8 Å². The van der Waals surface area contributed by atoms with E-state index in [9.17, 15) is 4.11 Å². The first-order valence-corrected chi connectivity index (χ1v) is 17.1. The zero-order valence-corrected chi connectivity index (χ0v) is 27.0. The normalized spacial score (nSPS) is 17.0. The smallest absolute Gasteiger partial charge is 0.0719 e. The second-order valence-electron chi connectivity index (χ2n) is 12.3. The van der Waals surface area contributed by atoms with Gasteiger partial charge in [0.1, 0.15) is 0 Å². The summed E-state index contributed by atoms with van der Waals surface area (Å²) in [6.45, 7) is 0. The van der Waals surface area contributed by atoms with Crippen LogP contribution in [0.25, 0.3) is 42.1 Å². The highest BCUT2D eigenvalue weighted by Gasteiger charge is 2.47. The van der Waals surface area contributed by atoms with E-state index in [4.69, 9.17) is 5.48 Å². The van der Waals surface area contributed by atoms with Gasteiger partial charge in [0.2, 0.25) is 0 Å². The summed E-state index contributed by atoms with van der Waals surface area (Å²) in [6, 6.07) is 46.6. The summed E-state index contributed by atoms with van der Waals surface area (Å²) in [5.41, 5.74) is 6.08. The molecule has 1 heterocycles. The third-order valence-corrected chi connectivity index (χ3v) is 11.0. The molecule has 1 unspecified atom stereocenters. The van der Waals surface area contributed by atoms with Crippen molar-refractivity contribution in [2.45, 2.75) is 5.41 Å². The summed E-state index contributed by atoms with van der Waals surface area (Å²) in [4.78, 5) is 2.20. The molecule has 1 nitrogen and oxygen atoms in total. The predicted molar refractivity (Wildman–Crippen MR) is 209 cm³/mol.